The van der Waals surface area contributed by atoms with E-state index in [4.69, 9.17) is 11.6 Å². The third-order valence-corrected chi connectivity index (χ3v) is 3.97. The molecular weight excluding hydrogens is 260 g/mol. The maximum atomic E-state index is 12.0. The molecule has 1 heterocycles. The van der Waals surface area contributed by atoms with Gasteiger partial charge >= 0.3 is 0 Å². The van der Waals surface area contributed by atoms with Crippen molar-refractivity contribution in [2.75, 3.05) is 18.4 Å². The zero-order chi connectivity index (χ0) is 13.7. The van der Waals surface area contributed by atoms with E-state index in [0.29, 0.717) is 23.2 Å². The van der Waals surface area contributed by atoms with Gasteiger partial charge < -0.3 is 10.2 Å². The Morgan fingerprint density at radius 1 is 1.32 bits per heavy atom. The second-order valence-electron chi connectivity index (χ2n) is 5.18. The number of hydrogen-bond donors (Lipinski definition) is 1. The van der Waals surface area contributed by atoms with Crippen molar-refractivity contribution in [1.29, 1.82) is 0 Å². The van der Waals surface area contributed by atoms with Gasteiger partial charge in [-0.05, 0) is 45.0 Å². The molecule has 0 spiro atoms. The summed E-state index contributed by atoms with van der Waals surface area (Å²) < 4.78 is 0. The van der Waals surface area contributed by atoms with Crippen molar-refractivity contribution in [3.8, 4) is 0 Å². The van der Waals surface area contributed by atoms with E-state index in [1.807, 2.05) is 18.2 Å². The standard InChI is InChI=1S/C15H21ClN2O/c1-12(18-9-5-2-6-10-18)11-15(19)17-14-8-4-3-7-13(14)16/h3-4,7-8,12H,2,5-6,9-11H2,1H3,(H,17,19). The van der Waals surface area contributed by atoms with Crippen molar-refractivity contribution in [1.82, 2.24) is 4.90 Å². The van der Waals surface area contributed by atoms with Crippen molar-refractivity contribution in [2.45, 2.75) is 38.6 Å². The van der Waals surface area contributed by atoms with Crippen LogP contribution in [0.25, 0.3) is 0 Å². The summed E-state index contributed by atoms with van der Waals surface area (Å²) in [5.41, 5.74) is 0.694. The van der Waals surface area contributed by atoms with Crippen molar-refractivity contribution in [2.24, 2.45) is 0 Å². The van der Waals surface area contributed by atoms with Crippen molar-refractivity contribution in [3.05, 3.63) is 29.3 Å². The highest BCUT2D eigenvalue weighted by Gasteiger charge is 2.19. The average molecular weight is 281 g/mol. The van der Waals surface area contributed by atoms with Gasteiger partial charge in [0, 0.05) is 12.5 Å². The minimum absolute atomic E-state index is 0.0335. The minimum atomic E-state index is 0.0335. The Morgan fingerprint density at radius 3 is 2.68 bits per heavy atom. The summed E-state index contributed by atoms with van der Waals surface area (Å²) >= 11 is 6.03. The molecule has 1 aromatic carbocycles. The van der Waals surface area contributed by atoms with Gasteiger partial charge in [-0.2, -0.15) is 0 Å². The lowest BCUT2D eigenvalue weighted by molar-refractivity contribution is -0.117. The fourth-order valence-electron chi connectivity index (χ4n) is 2.52. The molecule has 0 aromatic heterocycles. The van der Waals surface area contributed by atoms with Gasteiger partial charge in [0.15, 0.2) is 0 Å². The van der Waals surface area contributed by atoms with E-state index >= 15 is 0 Å². The number of benzene rings is 1. The van der Waals surface area contributed by atoms with Crippen LogP contribution in [0.3, 0.4) is 0 Å². The lowest BCUT2D eigenvalue weighted by Gasteiger charge is -2.32. The number of hydrogen-bond acceptors (Lipinski definition) is 2. The summed E-state index contributed by atoms with van der Waals surface area (Å²) in [4.78, 5) is 14.4. The molecule has 104 valence electrons. The van der Waals surface area contributed by atoms with Crippen molar-refractivity contribution in [3.63, 3.8) is 0 Å². The van der Waals surface area contributed by atoms with Crippen LogP contribution < -0.4 is 5.32 Å². The SMILES string of the molecule is CC(CC(=O)Nc1ccccc1Cl)N1CCCCC1. The van der Waals surface area contributed by atoms with E-state index in [0.717, 1.165) is 13.1 Å². The molecule has 1 aliphatic heterocycles. The van der Waals surface area contributed by atoms with E-state index in [2.05, 4.69) is 17.1 Å². The molecule has 1 unspecified atom stereocenters. The van der Waals surface area contributed by atoms with Gasteiger partial charge in [0.2, 0.25) is 5.91 Å². The number of nitrogens with zero attached hydrogens (tertiary/aromatic N) is 1. The zero-order valence-corrected chi connectivity index (χ0v) is 12.1. The highest BCUT2D eigenvalue weighted by Crippen LogP contribution is 2.21. The second kappa shape index (κ2) is 6.92. The number of carbonyl (C=O) groups is 1. The van der Waals surface area contributed by atoms with Gasteiger partial charge in [0.1, 0.15) is 0 Å². The van der Waals surface area contributed by atoms with Crippen molar-refractivity contribution < 1.29 is 4.79 Å². The summed E-state index contributed by atoms with van der Waals surface area (Å²) in [6.45, 7) is 4.35. The molecule has 0 aliphatic carbocycles. The molecule has 1 aliphatic rings. The quantitative estimate of drug-likeness (QED) is 0.915. The predicted octanol–water partition coefficient (Wildman–Crippen LogP) is 3.54. The minimum Gasteiger partial charge on any atom is -0.325 e. The van der Waals surface area contributed by atoms with Gasteiger partial charge in [0.25, 0.3) is 0 Å². The molecule has 19 heavy (non-hydrogen) atoms. The molecule has 2 rings (SSSR count). The topological polar surface area (TPSA) is 32.3 Å². The molecule has 0 saturated carbocycles. The first-order valence-electron chi connectivity index (χ1n) is 6.95. The van der Waals surface area contributed by atoms with E-state index in [-0.39, 0.29) is 5.91 Å². The summed E-state index contributed by atoms with van der Waals surface area (Å²) in [5, 5.41) is 3.47. The number of para-hydroxylation sites is 1. The number of piperidine rings is 1. The van der Waals surface area contributed by atoms with Crippen LogP contribution in [0.5, 0.6) is 0 Å². The Morgan fingerprint density at radius 2 is 2.00 bits per heavy atom. The summed E-state index contributed by atoms with van der Waals surface area (Å²) in [5.74, 6) is 0.0335. The molecule has 1 amide bonds. The van der Waals surface area contributed by atoms with Crippen LogP contribution in [-0.2, 0) is 4.79 Å². The number of likely N-dealkylation sites (tertiary alicyclic amines) is 1. The Labute approximate surface area is 119 Å². The fraction of sp³-hybridized carbons (Fsp3) is 0.533. The Bertz CT molecular complexity index is 430. The van der Waals surface area contributed by atoms with Crippen molar-refractivity contribution >= 4 is 23.2 Å². The lowest BCUT2D eigenvalue weighted by atomic mass is 10.1. The third-order valence-electron chi connectivity index (χ3n) is 3.64. The zero-order valence-electron chi connectivity index (χ0n) is 11.4. The number of halogens is 1. The highest BCUT2D eigenvalue weighted by atomic mass is 35.5. The smallest absolute Gasteiger partial charge is 0.225 e. The Kier molecular flexibility index (Phi) is 5.23. The van der Waals surface area contributed by atoms with Crippen LogP contribution in [0, 0.1) is 0 Å². The molecule has 1 aromatic rings. The molecule has 0 bridgehead atoms. The molecular formula is C15H21ClN2O. The Balaban J connectivity index is 1.85. The maximum absolute atomic E-state index is 12.0. The second-order valence-corrected chi connectivity index (χ2v) is 5.58. The van der Waals surface area contributed by atoms with E-state index < -0.39 is 0 Å². The largest absolute Gasteiger partial charge is 0.325 e. The number of carbonyl (C=O) groups excluding carboxylic acids is 1. The predicted molar refractivity (Wildman–Crippen MR) is 79.6 cm³/mol. The molecule has 0 radical (unpaired) electrons. The van der Waals surface area contributed by atoms with Gasteiger partial charge in [-0.1, -0.05) is 30.2 Å². The fourth-order valence-corrected chi connectivity index (χ4v) is 2.70. The summed E-state index contributed by atoms with van der Waals surface area (Å²) in [6, 6.07) is 7.63. The van der Waals surface area contributed by atoms with Crippen LogP contribution in [0.2, 0.25) is 5.02 Å². The molecule has 1 fully saturated rings. The van der Waals surface area contributed by atoms with Gasteiger partial charge in [-0.15, -0.1) is 0 Å². The van der Waals surface area contributed by atoms with Gasteiger partial charge in [0.05, 0.1) is 10.7 Å². The molecule has 3 nitrogen and oxygen atoms in total. The van der Waals surface area contributed by atoms with Gasteiger partial charge in [-0.3, -0.25) is 4.79 Å². The normalized spacial score (nSPS) is 18.0. The Hall–Kier alpha value is -1.06. The monoisotopic (exact) mass is 280 g/mol. The lowest BCUT2D eigenvalue weighted by Crippen LogP contribution is -2.39. The third kappa shape index (κ3) is 4.22. The number of nitrogens with one attached hydrogen (secondary N) is 1. The number of amides is 1. The van der Waals surface area contributed by atoms with E-state index in [1.165, 1.54) is 19.3 Å². The molecule has 1 saturated heterocycles. The van der Waals surface area contributed by atoms with E-state index in [1.54, 1.807) is 6.07 Å². The molecule has 4 heteroatoms. The summed E-state index contributed by atoms with van der Waals surface area (Å²) in [7, 11) is 0. The first kappa shape index (κ1) is 14.4. The van der Waals surface area contributed by atoms with Crippen LogP contribution in [0.1, 0.15) is 32.6 Å². The first-order chi connectivity index (χ1) is 9.16. The first-order valence-corrected chi connectivity index (χ1v) is 7.33. The van der Waals surface area contributed by atoms with Crippen LogP contribution >= 0.6 is 11.6 Å². The van der Waals surface area contributed by atoms with Crippen LogP contribution in [-0.4, -0.2) is 29.9 Å². The van der Waals surface area contributed by atoms with Crippen LogP contribution in [0.4, 0.5) is 5.69 Å². The highest BCUT2D eigenvalue weighted by molar-refractivity contribution is 6.33. The summed E-state index contributed by atoms with van der Waals surface area (Å²) in [6.07, 6.45) is 4.33. The van der Waals surface area contributed by atoms with Gasteiger partial charge in [-0.25, -0.2) is 0 Å². The molecule has 1 N–H and O–H groups in total. The average Bonchev–Trinajstić information content (AvgIpc) is 2.42. The maximum Gasteiger partial charge on any atom is 0.225 e. The number of rotatable bonds is 4. The molecule has 1 atom stereocenters. The van der Waals surface area contributed by atoms with Crippen LogP contribution in [0.15, 0.2) is 24.3 Å². The van der Waals surface area contributed by atoms with E-state index in [9.17, 15) is 4.79 Å². The number of anilines is 1.